The van der Waals surface area contributed by atoms with E-state index >= 15 is 0 Å². The Bertz CT molecular complexity index is 646. The largest absolute Gasteiger partial charge is 0.398 e. The molecule has 2 N–H and O–H groups in total. The molecule has 0 aliphatic heterocycles. The van der Waals surface area contributed by atoms with Crippen molar-refractivity contribution < 1.29 is 17.4 Å². The summed E-state index contributed by atoms with van der Waals surface area (Å²) in [6, 6.07) is 6.38. The van der Waals surface area contributed by atoms with Gasteiger partial charge in [-0.05, 0) is 35.9 Å². The van der Waals surface area contributed by atoms with E-state index in [1.807, 2.05) is 0 Å². The van der Waals surface area contributed by atoms with Crippen molar-refractivity contribution in [3.05, 3.63) is 59.4 Å². The van der Waals surface area contributed by atoms with Gasteiger partial charge in [0.15, 0.2) is 0 Å². The highest BCUT2D eigenvalue weighted by Gasteiger charge is 2.13. The minimum absolute atomic E-state index is 0.105. The fourth-order valence-corrected chi connectivity index (χ4v) is 2.80. The molecule has 0 amide bonds. The van der Waals surface area contributed by atoms with Crippen LogP contribution in [0.1, 0.15) is 5.56 Å². The molecule has 100 valence electrons. The summed E-state index contributed by atoms with van der Waals surface area (Å²) >= 11 is 0. The molecule has 6 heteroatoms. The summed E-state index contributed by atoms with van der Waals surface area (Å²) in [5.74, 6) is -2.03. The summed E-state index contributed by atoms with van der Waals surface area (Å²) < 4.78 is 51.3. The summed E-state index contributed by atoms with van der Waals surface area (Å²) in [6.07, 6.45) is 0. The van der Waals surface area contributed by atoms with Crippen LogP contribution in [0.5, 0.6) is 0 Å². The first-order valence-corrected chi connectivity index (χ1v) is 6.66. The summed E-state index contributed by atoms with van der Waals surface area (Å²) in [5, 5.41) is 0. The first-order valence-electron chi connectivity index (χ1n) is 5.34. The Morgan fingerprint density at radius 2 is 1.63 bits per heavy atom. The van der Waals surface area contributed by atoms with Gasteiger partial charge in [0, 0.05) is 5.69 Å². The molecule has 2 rings (SSSR count). The molecule has 2 aromatic carbocycles. The van der Waals surface area contributed by atoms with Crippen LogP contribution in [0, 0.1) is 17.5 Å². The van der Waals surface area contributed by atoms with Crippen molar-refractivity contribution in [3.8, 4) is 0 Å². The van der Waals surface area contributed by atoms with Crippen LogP contribution in [0.25, 0.3) is 0 Å². The van der Waals surface area contributed by atoms with E-state index in [1.54, 1.807) is 0 Å². The molecule has 0 spiro atoms. The second-order valence-corrected chi connectivity index (χ2v) is 5.33. The average Bonchev–Trinajstić information content (AvgIpc) is 2.35. The van der Waals surface area contributed by atoms with E-state index in [-0.39, 0.29) is 16.3 Å². The number of benzene rings is 2. The predicted molar refractivity (Wildman–Crippen MR) is 67.3 cm³/mol. The molecule has 0 fully saturated rings. The zero-order chi connectivity index (χ0) is 14.0. The van der Waals surface area contributed by atoms with Gasteiger partial charge in [-0.2, -0.15) is 0 Å². The summed E-state index contributed by atoms with van der Waals surface area (Å²) in [6.45, 7) is 0. The number of rotatable bonds is 3. The van der Waals surface area contributed by atoms with Crippen molar-refractivity contribution in [1.82, 2.24) is 0 Å². The molecule has 0 aliphatic rings. The minimum atomic E-state index is -1.79. The van der Waals surface area contributed by atoms with E-state index in [0.29, 0.717) is 5.56 Å². The van der Waals surface area contributed by atoms with E-state index < -0.39 is 28.3 Å². The second-order valence-electron chi connectivity index (χ2n) is 3.91. The number of hydrogen-bond acceptors (Lipinski definition) is 2. The molecular formula is C13H10F3NOS. The van der Waals surface area contributed by atoms with Crippen LogP contribution in [-0.4, -0.2) is 4.21 Å². The van der Waals surface area contributed by atoms with Gasteiger partial charge in [-0.1, -0.05) is 6.07 Å². The second kappa shape index (κ2) is 5.44. The van der Waals surface area contributed by atoms with E-state index in [4.69, 9.17) is 5.73 Å². The maximum absolute atomic E-state index is 13.4. The predicted octanol–water partition coefficient (Wildman–Crippen LogP) is 2.99. The van der Waals surface area contributed by atoms with Gasteiger partial charge in [0.05, 0.1) is 21.4 Å². The van der Waals surface area contributed by atoms with Crippen molar-refractivity contribution in [1.29, 1.82) is 0 Å². The highest BCUT2D eigenvalue weighted by Crippen LogP contribution is 2.21. The number of hydrogen-bond donors (Lipinski definition) is 1. The Hall–Kier alpha value is -1.82. The van der Waals surface area contributed by atoms with Crippen LogP contribution in [-0.2, 0) is 16.6 Å². The smallest absolute Gasteiger partial charge is 0.139 e. The van der Waals surface area contributed by atoms with Crippen molar-refractivity contribution in [2.24, 2.45) is 0 Å². The number of halogens is 3. The fourth-order valence-electron chi connectivity index (χ4n) is 1.57. The molecule has 0 saturated heterocycles. The van der Waals surface area contributed by atoms with Crippen LogP contribution in [0.3, 0.4) is 0 Å². The van der Waals surface area contributed by atoms with Crippen molar-refractivity contribution in [3.63, 3.8) is 0 Å². The lowest BCUT2D eigenvalue weighted by molar-refractivity contribution is 0.572. The van der Waals surface area contributed by atoms with Gasteiger partial charge in [0.25, 0.3) is 0 Å². The first kappa shape index (κ1) is 13.6. The van der Waals surface area contributed by atoms with Gasteiger partial charge in [-0.3, -0.25) is 4.21 Å². The molecule has 0 radical (unpaired) electrons. The molecule has 0 aromatic heterocycles. The lowest BCUT2D eigenvalue weighted by Gasteiger charge is -2.07. The SMILES string of the molecule is Nc1cc(F)ccc1CS(=O)c1cc(F)ccc1F. The third kappa shape index (κ3) is 3.14. The Kier molecular flexibility index (Phi) is 3.90. The van der Waals surface area contributed by atoms with Gasteiger partial charge in [-0.25, -0.2) is 13.2 Å². The van der Waals surface area contributed by atoms with Crippen LogP contribution in [0.4, 0.5) is 18.9 Å². The molecule has 1 atom stereocenters. The van der Waals surface area contributed by atoms with Crippen molar-refractivity contribution in [2.75, 3.05) is 5.73 Å². The molecule has 0 saturated carbocycles. The molecule has 0 heterocycles. The normalized spacial score (nSPS) is 12.4. The maximum Gasteiger partial charge on any atom is 0.139 e. The summed E-state index contributed by atoms with van der Waals surface area (Å²) in [7, 11) is -1.79. The molecule has 0 bridgehead atoms. The van der Waals surface area contributed by atoms with E-state index in [0.717, 1.165) is 24.3 Å². The summed E-state index contributed by atoms with van der Waals surface area (Å²) in [5.41, 5.74) is 6.12. The Balaban J connectivity index is 2.28. The molecule has 0 aliphatic carbocycles. The Morgan fingerprint density at radius 3 is 2.32 bits per heavy atom. The highest BCUT2D eigenvalue weighted by molar-refractivity contribution is 7.84. The molecule has 2 aromatic rings. The quantitative estimate of drug-likeness (QED) is 0.881. The monoisotopic (exact) mass is 285 g/mol. The third-order valence-corrected chi connectivity index (χ3v) is 3.91. The number of anilines is 1. The Labute approximate surface area is 110 Å². The van der Waals surface area contributed by atoms with Gasteiger partial charge >= 0.3 is 0 Å². The summed E-state index contributed by atoms with van der Waals surface area (Å²) in [4.78, 5) is -0.233. The Morgan fingerprint density at radius 1 is 1.00 bits per heavy atom. The lowest BCUT2D eigenvalue weighted by atomic mass is 10.2. The fraction of sp³-hybridized carbons (Fsp3) is 0.0769. The molecular weight excluding hydrogens is 275 g/mol. The van der Waals surface area contributed by atoms with Crippen molar-refractivity contribution in [2.45, 2.75) is 10.6 Å². The zero-order valence-corrected chi connectivity index (χ0v) is 10.5. The van der Waals surface area contributed by atoms with Crippen LogP contribution in [0.2, 0.25) is 0 Å². The highest BCUT2D eigenvalue weighted by atomic mass is 32.2. The van der Waals surface area contributed by atoms with E-state index in [9.17, 15) is 17.4 Å². The standard InChI is InChI=1S/C13H10F3NOS/c14-9-2-1-8(12(17)5-9)7-19(18)13-6-10(15)3-4-11(13)16/h1-6H,7,17H2. The maximum atomic E-state index is 13.4. The van der Waals surface area contributed by atoms with Crippen LogP contribution < -0.4 is 5.73 Å². The van der Waals surface area contributed by atoms with Crippen LogP contribution in [0.15, 0.2) is 41.3 Å². The van der Waals surface area contributed by atoms with Crippen LogP contribution >= 0.6 is 0 Å². The number of nitrogens with two attached hydrogens (primary N) is 1. The number of nitrogen functional groups attached to an aromatic ring is 1. The molecule has 19 heavy (non-hydrogen) atoms. The first-order chi connectivity index (χ1) is 8.97. The van der Waals surface area contributed by atoms with E-state index in [1.165, 1.54) is 12.1 Å². The van der Waals surface area contributed by atoms with E-state index in [2.05, 4.69) is 0 Å². The van der Waals surface area contributed by atoms with Gasteiger partial charge in [0.2, 0.25) is 0 Å². The lowest BCUT2D eigenvalue weighted by Crippen LogP contribution is -2.03. The van der Waals surface area contributed by atoms with Gasteiger partial charge in [-0.15, -0.1) is 0 Å². The molecule has 2 nitrogen and oxygen atoms in total. The zero-order valence-electron chi connectivity index (χ0n) is 9.70. The van der Waals surface area contributed by atoms with Gasteiger partial charge < -0.3 is 5.73 Å². The third-order valence-electron chi connectivity index (χ3n) is 2.53. The average molecular weight is 285 g/mol. The topological polar surface area (TPSA) is 43.1 Å². The van der Waals surface area contributed by atoms with Crippen molar-refractivity contribution >= 4 is 16.5 Å². The van der Waals surface area contributed by atoms with Gasteiger partial charge in [0.1, 0.15) is 17.5 Å². The molecule has 1 unspecified atom stereocenters. The minimum Gasteiger partial charge on any atom is -0.398 e.